The third-order valence-electron chi connectivity index (χ3n) is 13.0. The van der Waals surface area contributed by atoms with Crippen molar-refractivity contribution in [3.63, 3.8) is 0 Å². The minimum absolute atomic E-state index is 0.0403. The summed E-state index contributed by atoms with van der Waals surface area (Å²) < 4.78 is 131. The molecule has 2 unspecified atom stereocenters. The topological polar surface area (TPSA) is 92.3 Å². The number of benzene rings is 4. The van der Waals surface area contributed by atoms with Crippen LogP contribution in [-0.4, -0.2) is 16.8 Å². The molecule has 6 rings (SSSR count). The molecule has 6 nitrogen and oxygen atoms in total. The van der Waals surface area contributed by atoms with Crippen molar-refractivity contribution in [3.8, 4) is 0 Å². The van der Waals surface area contributed by atoms with Crippen LogP contribution in [0.4, 0.5) is 28.9 Å². The molecule has 0 saturated carbocycles. The Hall–Kier alpha value is -4.23. The molecule has 2 aliphatic carbocycles. The fourth-order valence-electron chi connectivity index (χ4n) is 9.54. The number of anilines is 2. The van der Waals surface area contributed by atoms with Crippen LogP contribution in [0, 0.1) is 49.0 Å². The summed E-state index contributed by atoms with van der Waals surface area (Å²) in [5, 5.41) is 0. The molecular formula is C52H62F4N2O4S2Ti. The molecular weight excluding hydrogens is 905 g/mol. The van der Waals surface area contributed by atoms with Gasteiger partial charge in [0.05, 0.1) is 0 Å². The molecule has 0 bridgehead atoms. The molecule has 0 aromatic heterocycles. The van der Waals surface area contributed by atoms with E-state index >= 15 is 17.6 Å². The Morgan fingerprint density at radius 2 is 0.985 bits per heavy atom. The van der Waals surface area contributed by atoms with Crippen LogP contribution < -0.4 is 17.2 Å². The standard InChI is InChI=1S/2C21H26F2NO2S.2C5H5.Ti/c2*1-4-6-7-16(5-2)13-17-12-15(3)8-11-21(17)27(25,26)24-20-10-9-18(22)14-19(20)23;2*1-2-4-5-3-1;/h2*8-12,16,24H,4-7,13H2,1-3H3;2*1-3H,4H2;. The minimum atomic E-state index is -5.55. The summed E-state index contributed by atoms with van der Waals surface area (Å²) >= 11 is -5.55. The van der Waals surface area contributed by atoms with E-state index in [2.05, 4.69) is 37.1 Å². The van der Waals surface area contributed by atoms with Gasteiger partial charge in [-0.1, -0.05) is 13.8 Å². The number of aryl methyl sites for hydroxylation is 2. The maximum absolute atomic E-state index is 17.8. The second-order valence-electron chi connectivity index (χ2n) is 17.6. The zero-order valence-electron chi connectivity index (χ0n) is 38.3. The normalized spacial score (nSPS) is 15.0. The van der Waals surface area contributed by atoms with Crippen LogP contribution in [0.25, 0.3) is 0 Å². The van der Waals surface area contributed by atoms with Gasteiger partial charge in [-0.2, -0.15) is 0 Å². The molecule has 2 aliphatic rings. The van der Waals surface area contributed by atoms with Crippen LogP contribution in [0.15, 0.2) is 115 Å². The molecule has 0 aliphatic heterocycles. The molecule has 0 spiro atoms. The van der Waals surface area contributed by atoms with Gasteiger partial charge in [-0.05, 0) is 0 Å². The molecule has 0 saturated heterocycles. The van der Waals surface area contributed by atoms with Gasteiger partial charge in [0.15, 0.2) is 0 Å². The Morgan fingerprint density at radius 3 is 1.32 bits per heavy atom. The quantitative estimate of drug-likeness (QED) is 0.0606. The van der Waals surface area contributed by atoms with Crippen molar-refractivity contribution in [1.82, 2.24) is 0 Å². The molecule has 4 aromatic rings. The van der Waals surface area contributed by atoms with Gasteiger partial charge in [-0.25, -0.2) is 0 Å². The monoisotopic (exact) mass is 966 g/mol. The van der Waals surface area contributed by atoms with E-state index in [-0.39, 0.29) is 34.5 Å². The fourth-order valence-corrected chi connectivity index (χ4v) is 20.4. The van der Waals surface area contributed by atoms with Crippen LogP contribution in [0.2, 0.25) is 0 Å². The van der Waals surface area contributed by atoms with Crippen molar-refractivity contribution in [1.29, 1.82) is 0 Å². The molecule has 0 amide bonds. The van der Waals surface area contributed by atoms with Crippen molar-refractivity contribution in [3.05, 3.63) is 150 Å². The number of unbranched alkanes of at least 4 members (excludes halogenated alkanes) is 2. The number of halogens is 4. The summed E-state index contributed by atoms with van der Waals surface area (Å²) in [5.74, 6) is -4.37. The number of sulfonamides is 2. The average Bonchev–Trinajstić information content (AvgIpc) is 4.02. The molecule has 0 fully saturated rings. The second kappa shape index (κ2) is 21.6. The van der Waals surface area contributed by atoms with E-state index < -0.39 is 79.0 Å². The van der Waals surface area contributed by atoms with Crippen molar-refractivity contribution in [2.45, 2.75) is 128 Å². The van der Waals surface area contributed by atoms with Gasteiger partial charge in [0, 0.05) is 0 Å². The molecule has 65 heavy (non-hydrogen) atoms. The summed E-state index contributed by atoms with van der Waals surface area (Å²) in [6, 6.07) is 13.8. The van der Waals surface area contributed by atoms with Crippen molar-refractivity contribution < 1.29 is 51.0 Å². The first kappa shape index (κ1) is 50.2. The van der Waals surface area contributed by atoms with E-state index in [1.54, 1.807) is 48.6 Å². The first-order valence-corrected chi connectivity index (χ1v) is 29.0. The van der Waals surface area contributed by atoms with Crippen LogP contribution in [0.5, 0.6) is 0 Å². The average molecular weight is 967 g/mol. The first-order valence-electron chi connectivity index (χ1n) is 23.0. The van der Waals surface area contributed by atoms with Crippen molar-refractivity contribution >= 4 is 39.2 Å². The fraction of sp³-hybridized carbons (Fsp3) is 0.385. The van der Waals surface area contributed by atoms with Crippen LogP contribution in [0.1, 0.15) is 114 Å². The van der Waals surface area contributed by atoms with E-state index in [4.69, 9.17) is 0 Å². The Balaban J connectivity index is 1.51. The zero-order valence-corrected chi connectivity index (χ0v) is 41.5. The summed E-state index contributed by atoms with van der Waals surface area (Å²) in [7, 11) is -8.99. The summed E-state index contributed by atoms with van der Waals surface area (Å²) in [6.45, 7) is 12.1. The SMILES string of the molecule is CCCCC(CC)Cc1cc(C)ccc1S(=O)(=O)Nc1ccc(F)[c]([Ti]([C]2=CC=CC2)([C]2=CC=CC2)[c]2c(F)ccc(NS(=O)(=O)c3ccc(C)cc3CC(CC)CCCC)c2F)c1F. The Morgan fingerprint density at radius 1 is 0.585 bits per heavy atom. The molecule has 2 N–H and O–H groups in total. The Bertz CT molecular complexity index is 2560. The van der Waals surface area contributed by atoms with E-state index in [0.29, 0.717) is 31.7 Å². The van der Waals surface area contributed by atoms with E-state index in [9.17, 15) is 16.8 Å². The van der Waals surface area contributed by atoms with E-state index in [0.717, 1.165) is 86.8 Å². The number of hydrogen-bond acceptors (Lipinski definition) is 4. The van der Waals surface area contributed by atoms with Crippen molar-refractivity contribution in [2.24, 2.45) is 11.8 Å². The summed E-state index contributed by atoms with van der Waals surface area (Å²) in [6.07, 6.45) is 18.7. The van der Waals surface area contributed by atoms with Gasteiger partial charge < -0.3 is 0 Å². The predicted octanol–water partition coefficient (Wildman–Crippen LogP) is 12.8. The second-order valence-corrected chi connectivity index (χ2v) is 26.9. The van der Waals surface area contributed by atoms with Gasteiger partial charge in [-0.3, -0.25) is 0 Å². The number of hydrogen-bond donors (Lipinski definition) is 2. The molecule has 2 atom stereocenters. The van der Waals surface area contributed by atoms with Gasteiger partial charge in [0.2, 0.25) is 0 Å². The van der Waals surface area contributed by atoms with Crippen molar-refractivity contribution in [2.75, 3.05) is 9.44 Å². The van der Waals surface area contributed by atoms with Gasteiger partial charge in [-0.15, -0.1) is 0 Å². The molecule has 4 aromatic carbocycles. The summed E-state index contributed by atoms with van der Waals surface area (Å²) in [4.78, 5) is -0.0806. The predicted molar refractivity (Wildman–Crippen MR) is 254 cm³/mol. The van der Waals surface area contributed by atoms with Gasteiger partial charge in [0.25, 0.3) is 0 Å². The van der Waals surface area contributed by atoms with Crippen LogP contribution >= 0.6 is 0 Å². The van der Waals surface area contributed by atoms with E-state index in [1.807, 2.05) is 26.0 Å². The third-order valence-corrected chi connectivity index (χ3v) is 23.9. The van der Waals surface area contributed by atoms with Crippen LogP contribution in [0.3, 0.4) is 0 Å². The van der Waals surface area contributed by atoms with Crippen LogP contribution in [-0.2, 0) is 49.5 Å². The third kappa shape index (κ3) is 10.8. The zero-order chi connectivity index (χ0) is 47.1. The number of allylic oxidation sites excluding steroid dienone is 8. The van der Waals surface area contributed by atoms with E-state index in [1.165, 1.54) is 12.1 Å². The van der Waals surface area contributed by atoms with Gasteiger partial charge in [0.1, 0.15) is 0 Å². The Labute approximate surface area is 387 Å². The molecule has 0 heterocycles. The number of rotatable bonds is 22. The van der Waals surface area contributed by atoms with Gasteiger partial charge >= 0.3 is 376 Å². The number of nitrogens with one attached hydrogen (secondary N) is 2. The maximum atomic E-state index is 17.8. The summed E-state index contributed by atoms with van der Waals surface area (Å²) in [5.41, 5.74) is 1.70. The first-order chi connectivity index (χ1) is 31.0. The Kier molecular flexibility index (Phi) is 16.7. The molecule has 348 valence electrons. The molecule has 0 radical (unpaired) electrons. The molecule has 13 heteroatoms.